The molecule has 1 N–H and O–H groups in total. The van der Waals surface area contributed by atoms with Gasteiger partial charge in [-0.1, -0.05) is 55.5 Å². The van der Waals surface area contributed by atoms with Gasteiger partial charge in [0.05, 0.1) is 5.56 Å². The first-order chi connectivity index (χ1) is 10.2. The Bertz CT molecular complexity index is 801. The van der Waals surface area contributed by atoms with Crippen LogP contribution in [0.5, 0.6) is 0 Å². The lowest BCUT2D eigenvalue weighted by Gasteiger charge is -2.08. The van der Waals surface area contributed by atoms with Gasteiger partial charge in [0.2, 0.25) is 0 Å². The van der Waals surface area contributed by atoms with E-state index in [-0.39, 0.29) is 0 Å². The SMILES string of the molecule is CCc1ccc(-c2cccc3cc(C(=O)O)ccc23)cc1. The topological polar surface area (TPSA) is 37.3 Å². The van der Waals surface area contributed by atoms with Crippen LogP contribution in [0.2, 0.25) is 0 Å². The summed E-state index contributed by atoms with van der Waals surface area (Å²) >= 11 is 0. The molecule has 104 valence electrons. The van der Waals surface area contributed by atoms with Gasteiger partial charge in [-0.15, -0.1) is 0 Å². The lowest BCUT2D eigenvalue weighted by atomic mass is 9.96. The Morgan fingerprint density at radius 2 is 1.76 bits per heavy atom. The lowest BCUT2D eigenvalue weighted by molar-refractivity contribution is 0.0697. The molecule has 0 atom stereocenters. The van der Waals surface area contributed by atoms with Crippen LogP contribution in [0.15, 0.2) is 60.7 Å². The molecule has 3 aromatic carbocycles. The maximum atomic E-state index is 11.1. The molecule has 2 heteroatoms. The van der Waals surface area contributed by atoms with Crippen molar-refractivity contribution in [1.82, 2.24) is 0 Å². The van der Waals surface area contributed by atoms with Gasteiger partial charge in [-0.3, -0.25) is 0 Å². The molecule has 0 saturated carbocycles. The maximum absolute atomic E-state index is 11.1. The first kappa shape index (κ1) is 13.4. The molecule has 0 heterocycles. The van der Waals surface area contributed by atoms with Gasteiger partial charge in [0.15, 0.2) is 0 Å². The van der Waals surface area contributed by atoms with Crippen molar-refractivity contribution in [2.45, 2.75) is 13.3 Å². The molecule has 0 amide bonds. The van der Waals surface area contributed by atoms with Crippen molar-refractivity contribution in [2.75, 3.05) is 0 Å². The van der Waals surface area contributed by atoms with Gasteiger partial charge in [-0.05, 0) is 46.0 Å². The Kier molecular flexibility index (Phi) is 3.44. The largest absolute Gasteiger partial charge is 0.478 e. The number of hydrogen-bond acceptors (Lipinski definition) is 1. The van der Waals surface area contributed by atoms with Crippen LogP contribution in [0.3, 0.4) is 0 Å². The third-order valence-corrected chi connectivity index (χ3v) is 3.80. The fourth-order valence-corrected chi connectivity index (χ4v) is 2.59. The molecule has 0 radical (unpaired) electrons. The molecule has 0 aromatic heterocycles. The second-order valence-corrected chi connectivity index (χ2v) is 5.10. The minimum Gasteiger partial charge on any atom is -0.478 e. The summed E-state index contributed by atoms with van der Waals surface area (Å²) in [6, 6.07) is 19.8. The van der Waals surface area contributed by atoms with Crippen molar-refractivity contribution in [1.29, 1.82) is 0 Å². The Morgan fingerprint density at radius 3 is 2.43 bits per heavy atom. The molecule has 0 aliphatic carbocycles. The maximum Gasteiger partial charge on any atom is 0.335 e. The summed E-state index contributed by atoms with van der Waals surface area (Å²) in [5.41, 5.74) is 3.92. The third kappa shape index (κ3) is 2.52. The molecule has 21 heavy (non-hydrogen) atoms. The molecule has 0 bridgehead atoms. The number of hydrogen-bond donors (Lipinski definition) is 1. The van der Waals surface area contributed by atoms with Crippen LogP contribution in [-0.2, 0) is 6.42 Å². The summed E-state index contributed by atoms with van der Waals surface area (Å²) < 4.78 is 0. The first-order valence-corrected chi connectivity index (χ1v) is 7.04. The van der Waals surface area contributed by atoms with E-state index >= 15 is 0 Å². The van der Waals surface area contributed by atoms with Gasteiger partial charge in [0.25, 0.3) is 0 Å². The van der Waals surface area contributed by atoms with E-state index < -0.39 is 5.97 Å². The predicted molar refractivity (Wildman–Crippen MR) is 85.7 cm³/mol. The van der Waals surface area contributed by atoms with Crippen LogP contribution >= 0.6 is 0 Å². The number of rotatable bonds is 3. The minimum absolute atomic E-state index is 0.320. The van der Waals surface area contributed by atoms with Crippen molar-refractivity contribution < 1.29 is 9.90 Å². The van der Waals surface area contributed by atoms with Gasteiger partial charge in [-0.25, -0.2) is 4.79 Å². The molecule has 3 aromatic rings. The summed E-state index contributed by atoms with van der Waals surface area (Å²) in [6.45, 7) is 2.14. The highest BCUT2D eigenvalue weighted by Crippen LogP contribution is 2.29. The molecule has 0 saturated heterocycles. The monoisotopic (exact) mass is 276 g/mol. The van der Waals surface area contributed by atoms with Gasteiger partial charge in [-0.2, -0.15) is 0 Å². The van der Waals surface area contributed by atoms with Crippen LogP contribution in [0.1, 0.15) is 22.8 Å². The van der Waals surface area contributed by atoms with E-state index in [9.17, 15) is 4.79 Å². The highest BCUT2D eigenvalue weighted by molar-refractivity contribution is 6.00. The summed E-state index contributed by atoms with van der Waals surface area (Å²) in [7, 11) is 0. The van der Waals surface area contributed by atoms with Gasteiger partial charge >= 0.3 is 5.97 Å². The van der Waals surface area contributed by atoms with Crippen LogP contribution < -0.4 is 0 Å². The number of carboxylic acids is 1. The number of aryl methyl sites for hydroxylation is 1. The summed E-state index contributed by atoms with van der Waals surface area (Å²) in [5, 5.41) is 11.1. The van der Waals surface area contributed by atoms with Crippen molar-refractivity contribution in [3.05, 3.63) is 71.8 Å². The highest BCUT2D eigenvalue weighted by atomic mass is 16.4. The van der Waals surface area contributed by atoms with E-state index in [4.69, 9.17) is 5.11 Å². The zero-order valence-electron chi connectivity index (χ0n) is 11.8. The lowest BCUT2D eigenvalue weighted by Crippen LogP contribution is -1.95. The van der Waals surface area contributed by atoms with Crippen molar-refractivity contribution in [3.63, 3.8) is 0 Å². The molecular weight excluding hydrogens is 260 g/mol. The Hall–Kier alpha value is -2.61. The van der Waals surface area contributed by atoms with E-state index in [1.54, 1.807) is 12.1 Å². The Morgan fingerprint density at radius 1 is 1.00 bits per heavy atom. The summed E-state index contributed by atoms with van der Waals surface area (Å²) in [4.78, 5) is 11.1. The average molecular weight is 276 g/mol. The number of benzene rings is 3. The van der Waals surface area contributed by atoms with Crippen molar-refractivity contribution >= 4 is 16.7 Å². The summed E-state index contributed by atoms with van der Waals surface area (Å²) in [5.74, 6) is -0.894. The second kappa shape index (κ2) is 5.41. The number of fused-ring (bicyclic) bond motifs is 1. The molecule has 0 fully saturated rings. The van der Waals surface area contributed by atoms with Crippen LogP contribution in [-0.4, -0.2) is 11.1 Å². The van der Waals surface area contributed by atoms with Crippen LogP contribution in [0, 0.1) is 0 Å². The molecule has 3 rings (SSSR count). The van der Waals surface area contributed by atoms with E-state index in [1.807, 2.05) is 18.2 Å². The minimum atomic E-state index is -0.894. The van der Waals surface area contributed by atoms with Crippen molar-refractivity contribution in [2.24, 2.45) is 0 Å². The molecule has 0 spiro atoms. The number of carboxylic acid groups (broad SMARTS) is 1. The van der Waals surface area contributed by atoms with E-state index in [2.05, 4.69) is 37.3 Å². The predicted octanol–water partition coefficient (Wildman–Crippen LogP) is 4.77. The van der Waals surface area contributed by atoms with Gasteiger partial charge in [0.1, 0.15) is 0 Å². The number of carbonyl (C=O) groups is 1. The molecule has 0 unspecified atom stereocenters. The fraction of sp³-hybridized carbons (Fsp3) is 0.105. The molecule has 2 nitrogen and oxygen atoms in total. The second-order valence-electron chi connectivity index (χ2n) is 5.10. The summed E-state index contributed by atoms with van der Waals surface area (Å²) in [6.07, 6.45) is 1.03. The van der Waals surface area contributed by atoms with Crippen LogP contribution in [0.25, 0.3) is 21.9 Å². The van der Waals surface area contributed by atoms with E-state index in [0.29, 0.717) is 5.56 Å². The first-order valence-electron chi connectivity index (χ1n) is 7.04. The Balaban J connectivity index is 2.15. The molecular formula is C19H16O2. The van der Waals surface area contributed by atoms with Crippen molar-refractivity contribution in [3.8, 4) is 11.1 Å². The zero-order chi connectivity index (χ0) is 14.8. The average Bonchev–Trinajstić information content (AvgIpc) is 2.54. The van der Waals surface area contributed by atoms with Gasteiger partial charge in [0, 0.05) is 0 Å². The van der Waals surface area contributed by atoms with E-state index in [1.165, 1.54) is 5.56 Å². The van der Waals surface area contributed by atoms with E-state index in [0.717, 1.165) is 28.3 Å². The van der Waals surface area contributed by atoms with Crippen LogP contribution in [0.4, 0.5) is 0 Å². The van der Waals surface area contributed by atoms with Gasteiger partial charge < -0.3 is 5.11 Å². The fourth-order valence-electron chi connectivity index (χ4n) is 2.59. The Labute approximate surface area is 123 Å². The highest BCUT2D eigenvalue weighted by Gasteiger charge is 2.07. The molecule has 0 aliphatic rings. The zero-order valence-corrected chi connectivity index (χ0v) is 11.8. The normalized spacial score (nSPS) is 10.7. The standard InChI is InChI=1S/C19H16O2/c1-2-13-6-8-14(9-7-13)17-5-3-4-15-12-16(19(20)21)10-11-18(15)17/h3-12H,2H2,1H3,(H,20,21). The quantitative estimate of drug-likeness (QED) is 0.748. The smallest absolute Gasteiger partial charge is 0.335 e. The third-order valence-electron chi connectivity index (χ3n) is 3.80. The number of aromatic carboxylic acids is 1. The molecule has 0 aliphatic heterocycles.